The number of Topliss-reactive ketones (excluding diaryl/α,β-unsaturated/α-hetero) is 1. The molecular weight excluding hydrogens is 224 g/mol. The summed E-state index contributed by atoms with van der Waals surface area (Å²) in [6.45, 7) is 13.3. The van der Waals surface area contributed by atoms with Crippen LogP contribution < -0.4 is 0 Å². The summed E-state index contributed by atoms with van der Waals surface area (Å²) < 4.78 is 5.87. The molecule has 1 atom stereocenters. The highest BCUT2D eigenvalue weighted by atomic mass is 16.5. The molecule has 0 aromatic heterocycles. The Morgan fingerprint density at radius 1 is 1.39 bits per heavy atom. The maximum absolute atomic E-state index is 11.9. The lowest BCUT2D eigenvalue weighted by molar-refractivity contribution is -0.129. The highest BCUT2D eigenvalue weighted by Gasteiger charge is 2.46. The predicted molar refractivity (Wildman–Crippen MR) is 75.3 cm³/mol. The first kappa shape index (κ1) is 15.3. The van der Waals surface area contributed by atoms with Gasteiger partial charge in [-0.3, -0.25) is 4.79 Å². The van der Waals surface area contributed by atoms with Crippen LogP contribution in [0.25, 0.3) is 0 Å². The first-order chi connectivity index (χ1) is 8.20. The van der Waals surface area contributed by atoms with Crippen LogP contribution in [-0.4, -0.2) is 12.4 Å². The van der Waals surface area contributed by atoms with Crippen LogP contribution in [0.3, 0.4) is 0 Å². The molecule has 0 saturated carbocycles. The van der Waals surface area contributed by atoms with Crippen molar-refractivity contribution in [2.24, 2.45) is 16.7 Å². The van der Waals surface area contributed by atoms with Gasteiger partial charge in [0, 0.05) is 12.3 Å². The van der Waals surface area contributed by atoms with Gasteiger partial charge in [-0.05, 0) is 30.3 Å². The number of hydrogen-bond donors (Lipinski definition) is 0. The van der Waals surface area contributed by atoms with Crippen molar-refractivity contribution in [3.63, 3.8) is 0 Å². The Labute approximate surface area is 112 Å². The van der Waals surface area contributed by atoms with Gasteiger partial charge in [-0.15, -0.1) is 0 Å². The Hall–Kier alpha value is -0.790. The summed E-state index contributed by atoms with van der Waals surface area (Å²) in [6, 6.07) is 0. The number of unbranched alkanes of at least 4 members (excludes halogenated alkanes) is 1. The van der Waals surface area contributed by atoms with E-state index in [2.05, 4.69) is 40.7 Å². The van der Waals surface area contributed by atoms with E-state index in [9.17, 15) is 4.79 Å². The van der Waals surface area contributed by atoms with E-state index in [0.717, 1.165) is 31.6 Å². The number of hydrogen-bond acceptors (Lipinski definition) is 2. The molecule has 1 rings (SSSR count). The molecule has 2 heteroatoms. The lowest BCUT2D eigenvalue weighted by atomic mass is 9.58. The fraction of sp³-hybridized carbons (Fsp3) is 0.812. The van der Waals surface area contributed by atoms with Crippen LogP contribution in [0.2, 0.25) is 0 Å². The standard InChI is InChI=1S/C16H28O2/c1-7-8-9-18-13-10-15(3,4)14(12(2)17)16(5,6)11-13/h10,14H,7-9,11H2,1-6H3/t14-/m1/s1. The minimum atomic E-state index is -0.116. The van der Waals surface area contributed by atoms with E-state index in [4.69, 9.17) is 4.74 Å². The van der Waals surface area contributed by atoms with Gasteiger partial charge in [-0.25, -0.2) is 0 Å². The monoisotopic (exact) mass is 252 g/mol. The zero-order chi connectivity index (χ0) is 14.0. The summed E-state index contributed by atoms with van der Waals surface area (Å²) in [6.07, 6.45) is 5.27. The number of carbonyl (C=O) groups excluding carboxylic acids is 1. The maximum atomic E-state index is 11.9. The second kappa shape index (κ2) is 5.46. The summed E-state index contributed by atoms with van der Waals surface area (Å²) in [7, 11) is 0. The second-order valence-electron chi connectivity index (χ2n) is 6.84. The molecular formula is C16H28O2. The van der Waals surface area contributed by atoms with Crippen molar-refractivity contribution >= 4 is 5.78 Å². The predicted octanol–water partition coefficient (Wildman–Crippen LogP) is 4.35. The summed E-state index contributed by atoms with van der Waals surface area (Å²) >= 11 is 0. The average Bonchev–Trinajstić information content (AvgIpc) is 2.12. The third kappa shape index (κ3) is 3.37. The van der Waals surface area contributed by atoms with E-state index in [1.54, 1.807) is 6.92 Å². The largest absolute Gasteiger partial charge is 0.498 e. The molecule has 0 aromatic rings. The van der Waals surface area contributed by atoms with Crippen molar-refractivity contribution in [1.82, 2.24) is 0 Å². The smallest absolute Gasteiger partial charge is 0.134 e. The molecule has 104 valence electrons. The quantitative estimate of drug-likeness (QED) is 0.680. The molecule has 0 aromatic carbocycles. The van der Waals surface area contributed by atoms with Crippen LogP contribution in [0.15, 0.2) is 11.8 Å². The molecule has 1 aliphatic carbocycles. The van der Waals surface area contributed by atoms with Gasteiger partial charge >= 0.3 is 0 Å². The highest BCUT2D eigenvalue weighted by molar-refractivity contribution is 5.80. The molecule has 0 N–H and O–H groups in total. The Morgan fingerprint density at radius 3 is 2.44 bits per heavy atom. The summed E-state index contributed by atoms with van der Waals surface area (Å²) in [5, 5.41) is 0. The minimum absolute atomic E-state index is 0.0222. The zero-order valence-corrected chi connectivity index (χ0v) is 12.8. The normalized spacial score (nSPS) is 25.4. The molecule has 2 nitrogen and oxygen atoms in total. The second-order valence-corrected chi connectivity index (χ2v) is 6.84. The van der Waals surface area contributed by atoms with Crippen LogP contribution in [0.4, 0.5) is 0 Å². The lowest BCUT2D eigenvalue weighted by Crippen LogP contribution is -2.43. The number of rotatable bonds is 5. The maximum Gasteiger partial charge on any atom is 0.134 e. The number of allylic oxidation sites excluding steroid dienone is 2. The third-order valence-corrected chi connectivity index (χ3v) is 3.88. The molecule has 1 aliphatic rings. The van der Waals surface area contributed by atoms with Gasteiger partial charge in [-0.2, -0.15) is 0 Å². The molecule has 0 amide bonds. The average molecular weight is 252 g/mol. The molecule has 0 aliphatic heterocycles. The summed E-state index contributed by atoms with van der Waals surface area (Å²) in [5.41, 5.74) is -0.138. The third-order valence-electron chi connectivity index (χ3n) is 3.88. The van der Waals surface area contributed by atoms with E-state index in [0.29, 0.717) is 0 Å². The van der Waals surface area contributed by atoms with E-state index < -0.39 is 0 Å². The van der Waals surface area contributed by atoms with Crippen molar-refractivity contribution < 1.29 is 9.53 Å². The number of ketones is 1. The first-order valence-electron chi connectivity index (χ1n) is 7.05. The molecule has 0 radical (unpaired) electrons. The van der Waals surface area contributed by atoms with Gasteiger partial charge in [0.05, 0.1) is 12.4 Å². The van der Waals surface area contributed by atoms with Crippen molar-refractivity contribution in [2.75, 3.05) is 6.61 Å². The fourth-order valence-electron chi connectivity index (χ4n) is 3.62. The van der Waals surface area contributed by atoms with Crippen LogP contribution in [0.5, 0.6) is 0 Å². The van der Waals surface area contributed by atoms with Gasteiger partial charge < -0.3 is 4.74 Å². The molecule has 0 saturated heterocycles. The molecule has 18 heavy (non-hydrogen) atoms. The molecule has 0 fully saturated rings. The van der Waals surface area contributed by atoms with Gasteiger partial charge in [0.2, 0.25) is 0 Å². The van der Waals surface area contributed by atoms with E-state index in [1.807, 2.05) is 0 Å². The summed E-state index contributed by atoms with van der Waals surface area (Å²) in [4.78, 5) is 11.9. The van der Waals surface area contributed by atoms with E-state index in [-0.39, 0.29) is 22.5 Å². The SMILES string of the molecule is CCCCOC1=CC(C)(C)[C@@H](C(C)=O)C(C)(C)C1. The van der Waals surface area contributed by atoms with Crippen LogP contribution >= 0.6 is 0 Å². The van der Waals surface area contributed by atoms with Gasteiger partial charge in [0.15, 0.2) is 0 Å². The Bertz CT molecular complexity index is 337. The van der Waals surface area contributed by atoms with Crippen LogP contribution in [0, 0.1) is 16.7 Å². The van der Waals surface area contributed by atoms with Crippen LogP contribution in [0.1, 0.15) is 60.8 Å². The van der Waals surface area contributed by atoms with Gasteiger partial charge in [0.25, 0.3) is 0 Å². The number of carbonyl (C=O) groups is 1. The first-order valence-corrected chi connectivity index (χ1v) is 7.05. The topological polar surface area (TPSA) is 26.3 Å². The number of ether oxygens (including phenoxy) is 1. The van der Waals surface area contributed by atoms with E-state index >= 15 is 0 Å². The molecule has 0 heterocycles. The molecule has 0 spiro atoms. The fourth-order valence-corrected chi connectivity index (χ4v) is 3.62. The lowest BCUT2D eigenvalue weighted by Gasteiger charge is -2.46. The molecule has 0 bridgehead atoms. The van der Waals surface area contributed by atoms with Crippen molar-refractivity contribution in [3.05, 3.63) is 11.8 Å². The van der Waals surface area contributed by atoms with Gasteiger partial charge in [-0.1, -0.05) is 41.0 Å². The Morgan fingerprint density at radius 2 is 2.00 bits per heavy atom. The zero-order valence-electron chi connectivity index (χ0n) is 12.8. The van der Waals surface area contributed by atoms with Gasteiger partial charge in [0.1, 0.15) is 5.78 Å². The van der Waals surface area contributed by atoms with Crippen molar-refractivity contribution in [1.29, 1.82) is 0 Å². The molecule has 0 unspecified atom stereocenters. The Kier molecular flexibility index (Phi) is 4.63. The highest BCUT2D eigenvalue weighted by Crippen LogP contribution is 2.50. The van der Waals surface area contributed by atoms with Crippen LogP contribution in [-0.2, 0) is 9.53 Å². The van der Waals surface area contributed by atoms with E-state index in [1.165, 1.54) is 0 Å². The Balaban J connectivity index is 2.90. The minimum Gasteiger partial charge on any atom is -0.498 e. The summed E-state index contributed by atoms with van der Waals surface area (Å²) in [5.74, 6) is 1.42. The van der Waals surface area contributed by atoms with Crippen molar-refractivity contribution in [3.8, 4) is 0 Å². The van der Waals surface area contributed by atoms with Crippen molar-refractivity contribution in [2.45, 2.75) is 60.8 Å².